The van der Waals surface area contributed by atoms with Crippen molar-refractivity contribution in [2.24, 2.45) is 0 Å². The Bertz CT molecular complexity index is 859. The molecule has 7 nitrogen and oxygen atoms in total. The zero-order chi connectivity index (χ0) is 18.0. The Kier molecular flexibility index (Phi) is 4.71. The van der Waals surface area contributed by atoms with Gasteiger partial charge in [0.25, 0.3) is 0 Å². The van der Waals surface area contributed by atoms with Gasteiger partial charge in [-0.2, -0.15) is 4.39 Å². The van der Waals surface area contributed by atoms with Crippen molar-refractivity contribution in [1.29, 1.82) is 0 Å². The summed E-state index contributed by atoms with van der Waals surface area (Å²) in [6.07, 6.45) is -0.0401. The summed E-state index contributed by atoms with van der Waals surface area (Å²) < 4.78 is 24.2. The molecule has 0 bridgehead atoms. The lowest BCUT2D eigenvalue weighted by Crippen LogP contribution is -2.17. The number of anilines is 1. The summed E-state index contributed by atoms with van der Waals surface area (Å²) in [6.45, 7) is 0.786. The number of amides is 1. The Balaban J connectivity index is 1.74. The Morgan fingerprint density at radius 3 is 2.80 bits per heavy atom. The number of benzene rings is 2. The smallest absolute Gasteiger partial charge is 0.306 e. The van der Waals surface area contributed by atoms with Gasteiger partial charge in [-0.25, -0.2) is 0 Å². The first-order chi connectivity index (χ1) is 11.9. The van der Waals surface area contributed by atoms with Crippen LogP contribution in [-0.4, -0.2) is 24.0 Å². The fraction of sp³-hybridized carbons (Fsp3) is 0.188. The van der Waals surface area contributed by atoms with Crippen molar-refractivity contribution in [2.75, 3.05) is 18.5 Å². The molecular formula is C16H12ClFN2O5. The third-order valence-electron chi connectivity index (χ3n) is 3.45. The number of hydrogen-bond donors (Lipinski definition) is 1. The highest BCUT2D eigenvalue weighted by atomic mass is 35.5. The molecule has 0 saturated carbocycles. The normalized spacial score (nSPS) is 12.6. The third-order valence-corrected chi connectivity index (χ3v) is 3.73. The first kappa shape index (κ1) is 17.0. The number of nitro benzene ring substituents is 1. The molecule has 1 amide bonds. The van der Waals surface area contributed by atoms with Crippen molar-refractivity contribution >= 4 is 28.9 Å². The van der Waals surface area contributed by atoms with E-state index in [2.05, 4.69) is 5.32 Å². The molecule has 1 aliphatic rings. The molecule has 0 saturated heterocycles. The summed E-state index contributed by atoms with van der Waals surface area (Å²) in [5, 5.41) is 13.6. The molecule has 1 N–H and O–H groups in total. The van der Waals surface area contributed by atoms with Crippen molar-refractivity contribution in [3.05, 3.63) is 56.8 Å². The van der Waals surface area contributed by atoms with Gasteiger partial charge in [-0.1, -0.05) is 11.6 Å². The molecule has 9 heteroatoms. The molecule has 0 unspecified atom stereocenters. The van der Waals surface area contributed by atoms with E-state index >= 15 is 0 Å². The number of halogens is 2. The zero-order valence-electron chi connectivity index (χ0n) is 12.8. The number of carbonyl (C=O) groups is 1. The van der Waals surface area contributed by atoms with Gasteiger partial charge >= 0.3 is 5.69 Å². The third kappa shape index (κ3) is 3.80. The summed E-state index contributed by atoms with van der Waals surface area (Å²) in [6, 6.07) is 6.37. The lowest BCUT2D eigenvalue weighted by molar-refractivity contribution is -0.387. The van der Waals surface area contributed by atoms with Gasteiger partial charge in [0.05, 0.1) is 16.4 Å². The fourth-order valence-corrected chi connectivity index (χ4v) is 2.68. The second-order valence-corrected chi connectivity index (χ2v) is 5.66. The average Bonchev–Trinajstić information content (AvgIpc) is 2.56. The Hall–Kier alpha value is -2.87. The summed E-state index contributed by atoms with van der Waals surface area (Å²) in [7, 11) is 0. The van der Waals surface area contributed by atoms with Crippen LogP contribution in [0.2, 0.25) is 5.02 Å². The van der Waals surface area contributed by atoms with E-state index in [0.29, 0.717) is 35.3 Å². The lowest BCUT2D eigenvalue weighted by Gasteiger charge is -2.20. The van der Waals surface area contributed by atoms with Crippen molar-refractivity contribution in [2.45, 2.75) is 6.42 Å². The predicted molar refractivity (Wildman–Crippen MR) is 87.8 cm³/mol. The molecule has 2 aromatic carbocycles. The monoisotopic (exact) mass is 366 g/mol. The van der Waals surface area contributed by atoms with Crippen molar-refractivity contribution in [3.8, 4) is 11.5 Å². The standard InChI is InChI=1S/C16H12ClFN2O5/c17-11-5-9(6-14-16(11)25-4-3-24-14)7-15(21)19-10-1-2-12(18)13(8-10)20(22)23/h1-2,5-6,8H,3-4,7H2,(H,19,21). The number of fused-ring (bicyclic) bond motifs is 1. The summed E-state index contributed by atoms with van der Waals surface area (Å²) in [4.78, 5) is 22.0. The molecule has 1 aliphatic heterocycles. The van der Waals surface area contributed by atoms with Crippen molar-refractivity contribution < 1.29 is 23.6 Å². The number of carbonyl (C=O) groups excluding carboxylic acids is 1. The molecule has 0 fully saturated rings. The molecule has 0 aromatic heterocycles. The van der Waals surface area contributed by atoms with E-state index in [9.17, 15) is 19.3 Å². The van der Waals surface area contributed by atoms with E-state index in [1.165, 1.54) is 6.07 Å². The molecule has 0 atom stereocenters. The minimum Gasteiger partial charge on any atom is -0.486 e. The van der Waals surface area contributed by atoms with Crippen molar-refractivity contribution in [1.82, 2.24) is 0 Å². The number of rotatable bonds is 4. The van der Waals surface area contributed by atoms with Gasteiger partial charge in [0.15, 0.2) is 11.5 Å². The van der Waals surface area contributed by atoms with Crippen LogP contribution in [0.1, 0.15) is 5.56 Å². The zero-order valence-corrected chi connectivity index (χ0v) is 13.5. The number of nitrogens with one attached hydrogen (secondary N) is 1. The highest BCUT2D eigenvalue weighted by Gasteiger charge is 2.19. The predicted octanol–water partition coefficient (Wildman–Crippen LogP) is 3.34. The molecular weight excluding hydrogens is 355 g/mol. The number of ether oxygens (including phenoxy) is 2. The van der Waals surface area contributed by atoms with Gasteiger partial charge in [0.1, 0.15) is 13.2 Å². The number of nitro groups is 1. The van der Waals surface area contributed by atoms with Gasteiger partial charge in [0.2, 0.25) is 11.7 Å². The summed E-state index contributed by atoms with van der Waals surface area (Å²) in [5.41, 5.74) is 0.00488. The molecule has 0 spiro atoms. The van der Waals surface area contributed by atoms with Crippen LogP contribution in [-0.2, 0) is 11.2 Å². The van der Waals surface area contributed by atoms with Gasteiger partial charge in [-0.05, 0) is 29.8 Å². The number of nitrogens with zero attached hydrogens (tertiary/aromatic N) is 1. The first-order valence-corrected chi connectivity index (χ1v) is 7.63. The van der Waals surface area contributed by atoms with Gasteiger partial charge in [-0.3, -0.25) is 14.9 Å². The minimum absolute atomic E-state index is 0.0401. The van der Waals surface area contributed by atoms with Crippen LogP contribution in [0, 0.1) is 15.9 Å². The van der Waals surface area contributed by atoms with E-state index in [1.54, 1.807) is 12.1 Å². The van der Waals surface area contributed by atoms with E-state index in [-0.39, 0.29) is 12.1 Å². The van der Waals surface area contributed by atoms with Crippen LogP contribution in [0.5, 0.6) is 11.5 Å². The summed E-state index contributed by atoms with van der Waals surface area (Å²) >= 11 is 6.11. The topological polar surface area (TPSA) is 90.7 Å². The number of hydrogen-bond acceptors (Lipinski definition) is 5. The molecule has 2 aromatic rings. The van der Waals surface area contributed by atoms with E-state index in [1.807, 2.05) is 0 Å². The van der Waals surface area contributed by atoms with E-state index in [4.69, 9.17) is 21.1 Å². The Labute approximate surface area is 146 Å². The molecule has 25 heavy (non-hydrogen) atoms. The lowest BCUT2D eigenvalue weighted by atomic mass is 10.1. The maximum Gasteiger partial charge on any atom is 0.306 e. The summed E-state index contributed by atoms with van der Waals surface area (Å²) in [5.74, 6) is -0.513. The van der Waals surface area contributed by atoms with Gasteiger partial charge < -0.3 is 14.8 Å². The minimum atomic E-state index is -0.971. The van der Waals surface area contributed by atoms with E-state index < -0.39 is 22.3 Å². The molecule has 130 valence electrons. The molecule has 0 aliphatic carbocycles. The van der Waals surface area contributed by atoms with E-state index in [0.717, 1.165) is 12.1 Å². The van der Waals surface area contributed by atoms with Crippen LogP contribution >= 0.6 is 11.6 Å². The Morgan fingerprint density at radius 2 is 2.04 bits per heavy atom. The molecule has 1 heterocycles. The van der Waals surface area contributed by atoms with Gasteiger partial charge in [0, 0.05) is 11.8 Å². The van der Waals surface area contributed by atoms with Crippen LogP contribution in [0.25, 0.3) is 0 Å². The largest absolute Gasteiger partial charge is 0.486 e. The molecule has 0 radical (unpaired) electrons. The maximum atomic E-state index is 13.3. The Morgan fingerprint density at radius 1 is 1.28 bits per heavy atom. The highest BCUT2D eigenvalue weighted by molar-refractivity contribution is 6.32. The van der Waals surface area contributed by atoms with Crippen LogP contribution in [0.3, 0.4) is 0 Å². The van der Waals surface area contributed by atoms with Crippen LogP contribution in [0.15, 0.2) is 30.3 Å². The average molecular weight is 367 g/mol. The SMILES string of the molecule is O=C(Cc1cc(Cl)c2c(c1)OCCO2)Nc1ccc(F)c([N+](=O)[O-])c1. The highest BCUT2D eigenvalue weighted by Crippen LogP contribution is 2.38. The van der Waals surface area contributed by atoms with Gasteiger partial charge in [-0.15, -0.1) is 0 Å². The maximum absolute atomic E-state index is 13.3. The quantitative estimate of drug-likeness (QED) is 0.662. The van der Waals surface area contributed by atoms with Crippen LogP contribution in [0.4, 0.5) is 15.8 Å². The second kappa shape index (κ2) is 6.94. The van der Waals surface area contributed by atoms with Crippen LogP contribution < -0.4 is 14.8 Å². The van der Waals surface area contributed by atoms with Crippen molar-refractivity contribution in [3.63, 3.8) is 0 Å². The fourth-order valence-electron chi connectivity index (χ4n) is 2.39. The first-order valence-electron chi connectivity index (χ1n) is 7.26. The second-order valence-electron chi connectivity index (χ2n) is 5.25. The molecule has 3 rings (SSSR count).